The van der Waals surface area contributed by atoms with E-state index in [0.717, 1.165) is 8.04 Å². The third-order valence-corrected chi connectivity index (χ3v) is 5.50. The van der Waals surface area contributed by atoms with Crippen molar-refractivity contribution in [1.29, 1.82) is 0 Å². The summed E-state index contributed by atoms with van der Waals surface area (Å²) in [6.07, 6.45) is 1.43. The number of carbonyl (C=O) groups excluding carboxylic acids is 2. The Morgan fingerprint density at radius 1 is 1.10 bits per heavy atom. The van der Waals surface area contributed by atoms with Crippen LogP contribution in [0.1, 0.15) is 33.2 Å². The highest BCUT2D eigenvalue weighted by Crippen LogP contribution is 2.23. The van der Waals surface area contributed by atoms with Gasteiger partial charge in [0, 0.05) is 13.6 Å². The third-order valence-electron chi connectivity index (χ3n) is 4.06. The van der Waals surface area contributed by atoms with Gasteiger partial charge in [-0.3, -0.25) is 4.79 Å². The molecule has 0 aliphatic rings. The number of nitrogens with zero attached hydrogens (tertiary/aromatic N) is 1. The summed E-state index contributed by atoms with van der Waals surface area (Å²) in [4.78, 5) is 24.8. The van der Waals surface area contributed by atoms with Crippen LogP contribution >= 0.6 is 38.5 Å². The zero-order chi connectivity index (χ0) is 22.2. The Morgan fingerprint density at radius 2 is 1.84 bits per heavy atom. The fraction of sp³-hybridized carbons (Fsp3) is 0.0870. The van der Waals surface area contributed by atoms with Crippen LogP contribution in [0.4, 0.5) is 0 Å². The SMILES string of the molecule is CCOc1ccc(C(=O)Oc2ccc(Br)cc2/C=N\NC(=O)c2ccccc2I)cc1. The van der Waals surface area contributed by atoms with Gasteiger partial charge in [0.2, 0.25) is 0 Å². The van der Waals surface area contributed by atoms with E-state index in [9.17, 15) is 9.59 Å². The average Bonchev–Trinajstić information content (AvgIpc) is 2.76. The van der Waals surface area contributed by atoms with Gasteiger partial charge >= 0.3 is 5.97 Å². The van der Waals surface area contributed by atoms with Crippen molar-refractivity contribution >= 4 is 56.6 Å². The van der Waals surface area contributed by atoms with E-state index in [0.29, 0.717) is 34.8 Å². The first kappa shape index (κ1) is 23.0. The highest BCUT2D eigenvalue weighted by Gasteiger charge is 2.12. The quantitative estimate of drug-likeness (QED) is 0.130. The van der Waals surface area contributed by atoms with Gasteiger partial charge < -0.3 is 9.47 Å². The number of nitrogens with one attached hydrogen (secondary N) is 1. The maximum atomic E-state index is 12.5. The van der Waals surface area contributed by atoms with Crippen LogP contribution in [0.25, 0.3) is 0 Å². The largest absolute Gasteiger partial charge is 0.494 e. The third kappa shape index (κ3) is 6.38. The number of ether oxygens (including phenoxy) is 2. The molecule has 0 radical (unpaired) electrons. The Labute approximate surface area is 201 Å². The molecule has 8 heteroatoms. The number of hydrazone groups is 1. The van der Waals surface area contributed by atoms with Crippen LogP contribution in [-0.2, 0) is 0 Å². The normalized spacial score (nSPS) is 10.7. The van der Waals surface area contributed by atoms with Crippen LogP contribution in [-0.4, -0.2) is 24.7 Å². The summed E-state index contributed by atoms with van der Waals surface area (Å²) in [6, 6.07) is 19.0. The Bertz CT molecular complexity index is 1120. The van der Waals surface area contributed by atoms with Crippen LogP contribution in [0.15, 0.2) is 76.3 Å². The topological polar surface area (TPSA) is 77.0 Å². The molecule has 0 aliphatic carbocycles. The Hall–Kier alpha value is -2.72. The van der Waals surface area contributed by atoms with Crippen molar-refractivity contribution in [3.8, 4) is 11.5 Å². The predicted molar refractivity (Wildman–Crippen MR) is 131 cm³/mol. The zero-order valence-corrected chi connectivity index (χ0v) is 20.2. The molecular formula is C23H18BrIN2O4. The number of carbonyl (C=O) groups is 2. The van der Waals surface area contributed by atoms with Crippen molar-refractivity contribution in [1.82, 2.24) is 5.43 Å². The molecular weight excluding hydrogens is 575 g/mol. The lowest BCUT2D eigenvalue weighted by atomic mass is 10.2. The Kier molecular flexibility index (Phi) is 8.19. The Balaban J connectivity index is 1.72. The van der Waals surface area contributed by atoms with Crippen LogP contribution in [0.2, 0.25) is 0 Å². The van der Waals surface area contributed by atoms with Gasteiger partial charge in [0.15, 0.2) is 0 Å². The fourth-order valence-electron chi connectivity index (χ4n) is 2.59. The molecule has 31 heavy (non-hydrogen) atoms. The molecule has 0 aliphatic heterocycles. The maximum absolute atomic E-state index is 12.5. The van der Waals surface area contributed by atoms with Crippen molar-refractivity contribution in [3.63, 3.8) is 0 Å². The maximum Gasteiger partial charge on any atom is 0.343 e. The Morgan fingerprint density at radius 3 is 2.55 bits per heavy atom. The van der Waals surface area contributed by atoms with Crippen LogP contribution in [0, 0.1) is 3.57 Å². The minimum absolute atomic E-state index is 0.314. The molecule has 0 bridgehead atoms. The van der Waals surface area contributed by atoms with Gasteiger partial charge in [0.25, 0.3) is 5.91 Å². The summed E-state index contributed by atoms with van der Waals surface area (Å²) >= 11 is 5.48. The lowest BCUT2D eigenvalue weighted by Gasteiger charge is -2.09. The summed E-state index contributed by atoms with van der Waals surface area (Å²) in [5, 5.41) is 4.02. The van der Waals surface area contributed by atoms with Crippen molar-refractivity contribution in [3.05, 3.63) is 91.5 Å². The number of rotatable bonds is 7. The standard InChI is InChI=1S/C23H18BrIN2O4/c1-2-30-18-10-7-15(8-11-18)23(29)31-21-12-9-17(24)13-16(21)14-26-27-22(28)19-5-3-4-6-20(19)25/h3-14H,2H2,1H3,(H,27,28)/b26-14-. The highest BCUT2D eigenvalue weighted by molar-refractivity contribution is 14.1. The summed E-state index contributed by atoms with van der Waals surface area (Å²) in [5.41, 5.74) is 3.93. The number of hydrogen-bond donors (Lipinski definition) is 1. The van der Waals surface area contributed by atoms with Crippen LogP contribution < -0.4 is 14.9 Å². The second-order valence-electron chi connectivity index (χ2n) is 6.21. The molecule has 0 heterocycles. The van der Waals surface area contributed by atoms with Gasteiger partial charge in [-0.15, -0.1) is 0 Å². The first-order chi connectivity index (χ1) is 15.0. The number of amides is 1. The second kappa shape index (κ2) is 11.1. The summed E-state index contributed by atoms with van der Waals surface area (Å²) in [6.45, 7) is 2.44. The van der Waals surface area contributed by atoms with E-state index in [1.807, 2.05) is 19.1 Å². The average molecular weight is 593 g/mol. The molecule has 6 nitrogen and oxygen atoms in total. The van der Waals surface area contributed by atoms with Crippen molar-refractivity contribution < 1.29 is 19.1 Å². The van der Waals surface area contributed by atoms with Crippen LogP contribution in [0.3, 0.4) is 0 Å². The molecule has 0 atom stereocenters. The smallest absolute Gasteiger partial charge is 0.343 e. The molecule has 0 saturated heterocycles. The van der Waals surface area contributed by atoms with Gasteiger partial charge in [-0.25, -0.2) is 10.2 Å². The molecule has 0 fully saturated rings. The predicted octanol–water partition coefficient (Wildman–Crippen LogP) is 5.44. The summed E-state index contributed by atoms with van der Waals surface area (Å²) < 4.78 is 12.5. The van der Waals surface area contributed by atoms with Gasteiger partial charge in [0.05, 0.1) is 23.9 Å². The van der Waals surface area contributed by atoms with Gasteiger partial charge in [0.1, 0.15) is 11.5 Å². The lowest BCUT2D eigenvalue weighted by Crippen LogP contribution is -2.18. The van der Waals surface area contributed by atoms with Crippen molar-refractivity contribution in [2.24, 2.45) is 5.10 Å². The minimum atomic E-state index is -0.511. The van der Waals surface area contributed by atoms with E-state index in [-0.39, 0.29) is 5.91 Å². The molecule has 0 aromatic heterocycles. The van der Waals surface area contributed by atoms with Crippen molar-refractivity contribution in [2.75, 3.05) is 6.61 Å². The second-order valence-corrected chi connectivity index (χ2v) is 8.29. The van der Waals surface area contributed by atoms with E-state index >= 15 is 0 Å². The highest BCUT2D eigenvalue weighted by atomic mass is 127. The molecule has 1 N–H and O–H groups in total. The number of benzene rings is 3. The van der Waals surface area contributed by atoms with E-state index in [4.69, 9.17) is 9.47 Å². The molecule has 3 rings (SSSR count). The molecule has 3 aromatic carbocycles. The number of halogens is 2. The molecule has 1 amide bonds. The zero-order valence-electron chi connectivity index (χ0n) is 16.5. The monoisotopic (exact) mass is 592 g/mol. The van der Waals surface area contributed by atoms with Gasteiger partial charge in [-0.05, 0) is 84.1 Å². The first-order valence-corrected chi connectivity index (χ1v) is 11.2. The van der Waals surface area contributed by atoms with Crippen LogP contribution in [0.5, 0.6) is 11.5 Å². The molecule has 3 aromatic rings. The fourth-order valence-corrected chi connectivity index (χ4v) is 3.60. The van der Waals surface area contributed by atoms with E-state index in [1.54, 1.807) is 54.6 Å². The number of esters is 1. The summed E-state index contributed by atoms with van der Waals surface area (Å²) in [7, 11) is 0. The summed E-state index contributed by atoms with van der Waals surface area (Å²) in [5.74, 6) is 0.154. The molecule has 158 valence electrons. The first-order valence-electron chi connectivity index (χ1n) is 9.30. The molecule has 0 saturated carbocycles. The van der Waals surface area contributed by atoms with E-state index in [1.165, 1.54) is 6.21 Å². The van der Waals surface area contributed by atoms with E-state index in [2.05, 4.69) is 49.0 Å². The lowest BCUT2D eigenvalue weighted by molar-refractivity contribution is 0.0734. The molecule has 0 spiro atoms. The minimum Gasteiger partial charge on any atom is -0.494 e. The van der Waals surface area contributed by atoms with Crippen molar-refractivity contribution in [2.45, 2.75) is 6.92 Å². The molecule has 0 unspecified atom stereocenters. The number of hydrogen-bond acceptors (Lipinski definition) is 5. The van der Waals surface area contributed by atoms with Gasteiger partial charge in [-0.2, -0.15) is 5.10 Å². The van der Waals surface area contributed by atoms with E-state index < -0.39 is 5.97 Å². The van der Waals surface area contributed by atoms with Gasteiger partial charge in [-0.1, -0.05) is 28.1 Å².